The number of benzene rings is 1. The standard InChI is InChI=1S/C11H16N2O3/c1-12-13-11(14)7-8-16-10-6-4-3-5-9(10)15-2/h3-6,12H,7-8H2,1-2H3,(H,13,14). The minimum absolute atomic E-state index is 0.114. The largest absolute Gasteiger partial charge is 0.493 e. The zero-order valence-corrected chi connectivity index (χ0v) is 9.45. The molecule has 0 unspecified atom stereocenters. The Morgan fingerprint density at radius 2 is 2.00 bits per heavy atom. The summed E-state index contributed by atoms with van der Waals surface area (Å²) in [4.78, 5) is 11.1. The Hall–Kier alpha value is -1.75. The van der Waals surface area contributed by atoms with Crippen LogP contribution < -0.4 is 20.3 Å². The number of para-hydroxylation sites is 2. The molecule has 0 spiro atoms. The van der Waals surface area contributed by atoms with Crippen molar-refractivity contribution in [3.05, 3.63) is 24.3 Å². The Bertz CT molecular complexity index is 342. The summed E-state index contributed by atoms with van der Waals surface area (Å²) in [5.74, 6) is 1.19. The van der Waals surface area contributed by atoms with Crippen LogP contribution >= 0.6 is 0 Å². The molecule has 16 heavy (non-hydrogen) atoms. The normalized spacial score (nSPS) is 9.62. The van der Waals surface area contributed by atoms with E-state index in [4.69, 9.17) is 9.47 Å². The van der Waals surface area contributed by atoms with E-state index in [1.165, 1.54) is 0 Å². The number of nitrogens with one attached hydrogen (secondary N) is 2. The van der Waals surface area contributed by atoms with E-state index in [0.717, 1.165) is 0 Å². The first kappa shape index (κ1) is 12.3. The van der Waals surface area contributed by atoms with Gasteiger partial charge in [-0.05, 0) is 12.1 Å². The van der Waals surface area contributed by atoms with Gasteiger partial charge in [0.1, 0.15) is 0 Å². The van der Waals surface area contributed by atoms with Gasteiger partial charge in [-0.2, -0.15) is 0 Å². The lowest BCUT2D eigenvalue weighted by atomic mass is 10.3. The highest BCUT2D eigenvalue weighted by atomic mass is 16.5. The smallest absolute Gasteiger partial charge is 0.237 e. The Kier molecular flexibility index (Phi) is 5.15. The number of amides is 1. The quantitative estimate of drug-likeness (QED) is 0.699. The number of methoxy groups -OCH3 is 1. The van der Waals surface area contributed by atoms with Crippen molar-refractivity contribution in [1.29, 1.82) is 0 Å². The van der Waals surface area contributed by atoms with Gasteiger partial charge in [0.2, 0.25) is 5.91 Å². The number of hydrogen-bond donors (Lipinski definition) is 2. The Morgan fingerprint density at radius 3 is 2.62 bits per heavy atom. The van der Waals surface area contributed by atoms with E-state index in [-0.39, 0.29) is 5.91 Å². The first-order valence-electron chi connectivity index (χ1n) is 4.99. The van der Waals surface area contributed by atoms with Gasteiger partial charge in [0.25, 0.3) is 0 Å². The first-order chi connectivity index (χ1) is 7.77. The monoisotopic (exact) mass is 224 g/mol. The fraction of sp³-hybridized carbons (Fsp3) is 0.364. The number of carbonyl (C=O) groups is 1. The predicted molar refractivity (Wildman–Crippen MR) is 60.3 cm³/mol. The van der Waals surface area contributed by atoms with Crippen molar-refractivity contribution in [3.63, 3.8) is 0 Å². The van der Waals surface area contributed by atoms with Crippen molar-refractivity contribution in [1.82, 2.24) is 10.9 Å². The van der Waals surface area contributed by atoms with Gasteiger partial charge in [-0.1, -0.05) is 12.1 Å². The maximum Gasteiger partial charge on any atom is 0.237 e. The van der Waals surface area contributed by atoms with Crippen molar-refractivity contribution in [2.45, 2.75) is 6.42 Å². The summed E-state index contributed by atoms with van der Waals surface area (Å²) in [6, 6.07) is 7.32. The molecule has 1 rings (SSSR count). The Balaban J connectivity index is 2.39. The van der Waals surface area contributed by atoms with Crippen LogP contribution in [0, 0.1) is 0 Å². The summed E-state index contributed by atoms with van der Waals surface area (Å²) < 4.78 is 10.5. The average molecular weight is 224 g/mol. The van der Waals surface area contributed by atoms with E-state index in [9.17, 15) is 4.79 Å². The van der Waals surface area contributed by atoms with E-state index in [1.54, 1.807) is 20.2 Å². The highest BCUT2D eigenvalue weighted by Gasteiger charge is 2.04. The molecular formula is C11H16N2O3. The van der Waals surface area contributed by atoms with Crippen LogP contribution in [0.15, 0.2) is 24.3 Å². The van der Waals surface area contributed by atoms with E-state index in [0.29, 0.717) is 24.5 Å². The van der Waals surface area contributed by atoms with Crippen LogP contribution in [0.3, 0.4) is 0 Å². The number of rotatable bonds is 6. The zero-order valence-electron chi connectivity index (χ0n) is 9.45. The van der Waals surface area contributed by atoms with Crippen LogP contribution in [0.2, 0.25) is 0 Å². The summed E-state index contributed by atoms with van der Waals surface area (Å²) in [7, 11) is 3.22. The lowest BCUT2D eigenvalue weighted by molar-refractivity contribution is -0.122. The highest BCUT2D eigenvalue weighted by Crippen LogP contribution is 2.25. The second kappa shape index (κ2) is 6.68. The molecule has 5 heteroatoms. The SMILES string of the molecule is CNNC(=O)CCOc1ccccc1OC. The van der Waals surface area contributed by atoms with Crippen LogP contribution in [0.5, 0.6) is 11.5 Å². The van der Waals surface area contributed by atoms with Crippen LogP contribution in [-0.2, 0) is 4.79 Å². The maximum atomic E-state index is 11.1. The third-order valence-electron chi connectivity index (χ3n) is 1.92. The molecule has 88 valence electrons. The molecule has 0 saturated heterocycles. The number of hydrogen-bond acceptors (Lipinski definition) is 4. The highest BCUT2D eigenvalue weighted by molar-refractivity contribution is 5.75. The van der Waals surface area contributed by atoms with Gasteiger partial charge < -0.3 is 9.47 Å². The molecule has 0 heterocycles. The van der Waals surface area contributed by atoms with E-state index >= 15 is 0 Å². The second-order valence-electron chi connectivity index (χ2n) is 3.05. The molecule has 5 nitrogen and oxygen atoms in total. The van der Waals surface area contributed by atoms with Crippen molar-refractivity contribution in [2.75, 3.05) is 20.8 Å². The maximum absolute atomic E-state index is 11.1. The molecule has 0 radical (unpaired) electrons. The minimum atomic E-state index is -0.114. The average Bonchev–Trinajstić information content (AvgIpc) is 2.30. The Morgan fingerprint density at radius 1 is 1.31 bits per heavy atom. The lowest BCUT2D eigenvalue weighted by Gasteiger charge is -2.09. The summed E-state index contributed by atoms with van der Waals surface area (Å²) in [6.07, 6.45) is 0.291. The van der Waals surface area contributed by atoms with E-state index < -0.39 is 0 Å². The third kappa shape index (κ3) is 3.78. The lowest BCUT2D eigenvalue weighted by Crippen LogP contribution is -2.34. The third-order valence-corrected chi connectivity index (χ3v) is 1.92. The van der Waals surface area contributed by atoms with Crippen LogP contribution in [0.1, 0.15) is 6.42 Å². The van der Waals surface area contributed by atoms with Crippen LogP contribution in [-0.4, -0.2) is 26.7 Å². The minimum Gasteiger partial charge on any atom is -0.493 e. The van der Waals surface area contributed by atoms with Crippen molar-refractivity contribution < 1.29 is 14.3 Å². The molecule has 0 atom stereocenters. The molecule has 0 saturated carbocycles. The molecule has 2 N–H and O–H groups in total. The van der Waals surface area contributed by atoms with Gasteiger partial charge in [-0.25, -0.2) is 5.43 Å². The van der Waals surface area contributed by atoms with E-state index in [2.05, 4.69) is 10.9 Å². The van der Waals surface area contributed by atoms with E-state index in [1.807, 2.05) is 18.2 Å². The number of ether oxygens (including phenoxy) is 2. The van der Waals surface area contributed by atoms with Crippen molar-refractivity contribution in [2.24, 2.45) is 0 Å². The molecule has 1 amide bonds. The van der Waals surface area contributed by atoms with Gasteiger partial charge in [0, 0.05) is 7.05 Å². The molecule has 0 fully saturated rings. The molecular weight excluding hydrogens is 208 g/mol. The van der Waals surface area contributed by atoms with Crippen molar-refractivity contribution >= 4 is 5.91 Å². The van der Waals surface area contributed by atoms with Gasteiger partial charge in [-0.15, -0.1) is 0 Å². The number of carbonyl (C=O) groups excluding carboxylic acids is 1. The molecule has 0 aliphatic rings. The molecule has 0 bridgehead atoms. The van der Waals surface area contributed by atoms with Gasteiger partial charge >= 0.3 is 0 Å². The summed E-state index contributed by atoms with van der Waals surface area (Å²) in [5.41, 5.74) is 5.02. The van der Waals surface area contributed by atoms with Gasteiger partial charge in [-0.3, -0.25) is 10.2 Å². The molecule has 0 aliphatic heterocycles. The van der Waals surface area contributed by atoms with Crippen LogP contribution in [0.25, 0.3) is 0 Å². The second-order valence-corrected chi connectivity index (χ2v) is 3.05. The molecule has 0 aromatic heterocycles. The first-order valence-corrected chi connectivity index (χ1v) is 4.99. The van der Waals surface area contributed by atoms with Crippen molar-refractivity contribution in [3.8, 4) is 11.5 Å². The summed E-state index contributed by atoms with van der Waals surface area (Å²) >= 11 is 0. The molecule has 1 aromatic carbocycles. The van der Waals surface area contributed by atoms with Gasteiger partial charge in [0.15, 0.2) is 11.5 Å². The topological polar surface area (TPSA) is 59.6 Å². The molecule has 1 aromatic rings. The fourth-order valence-electron chi connectivity index (χ4n) is 1.19. The van der Waals surface area contributed by atoms with Crippen LogP contribution in [0.4, 0.5) is 0 Å². The zero-order chi connectivity index (χ0) is 11.8. The predicted octanol–water partition coefficient (Wildman–Crippen LogP) is 0.715. The molecule has 0 aliphatic carbocycles. The van der Waals surface area contributed by atoms with Gasteiger partial charge in [0.05, 0.1) is 20.1 Å². The summed E-state index contributed by atoms with van der Waals surface area (Å²) in [6.45, 7) is 0.313. The summed E-state index contributed by atoms with van der Waals surface area (Å²) in [5, 5.41) is 0. The Labute approximate surface area is 94.7 Å². The number of hydrazine groups is 1. The fourth-order valence-corrected chi connectivity index (χ4v) is 1.19.